The number of rotatable bonds is 4. The van der Waals surface area contributed by atoms with Gasteiger partial charge in [0.05, 0.1) is 12.8 Å². The number of urea groups is 1. The summed E-state index contributed by atoms with van der Waals surface area (Å²) in [5, 5.41) is 13.0. The second kappa shape index (κ2) is 6.49. The monoisotopic (exact) mass is 269 g/mol. The van der Waals surface area contributed by atoms with E-state index >= 15 is 0 Å². The summed E-state index contributed by atoms with van der Waals surface area (Å²) < 4.78 is 0. The number of amides is 2. The van der Waals surface area contributed by atoms with Gasteiger partial charge in [-0.3, -0.25) is 0 Å². The van der Waals surface area contributed by atoms with Crippen molar-refractivity contribution in [1.82, 2.24) is 5.43 Å². The van der Waals surface area contributed by atoms with Gasteiger partial charge < -0.3 is 10.8 Å². The van der Waals surface area contributed by atoms with Gasteiger partial charge in [0.2, 0.25) is 0 Å². The Morgan fingerprint density at radius 1 is 1.20 bits per heavy atom. The van der Waals surface area contributed by atoms with E-state index in [4.69, 9.17) is 5.73 Å². The first-order valence-corrected chi connectivity index (χ1v) is 6.08. The SMILES string of the molecule is NC(=O)NN=Cc1ccc(-c2ccccc2CO)cc1. The predicted octanol–water partition coefficient (Wildman–Crippen LogP) is 1.85. The fourth-order valence-electron chi connectivity index (χ4n) is 1.86. The highest BCUT2D eigenvalue weighted by molar-refractivity contribution is 5.82. The number of aliphatic hydroxyl groups is 1. The summed E-state index contributed by atoms with van der Waals surface area (Å²) in [6, 6.07) is 14.6. The summed E-state index contributed by atoms with van der Waals surface area (Å²) in [7, 11) is 0. The van der Waals surface area contributed by atoms with Gasteiger partial charge >= 0.3 is 6.03 Å². The summed E-state index contributed by atoms with van der Waals surface area (Å²) in [4.78, 5) is 10.5. The first-order chi connectivity index (χ1) is 9.70. The van der Waals surface area contributed by atoms with Gasteiger partial charge in [0.15, 0.2) is 0 Å². The van der Waals surface area contributed by atoms with Gasteiger partial charge in [0, 0.05) is 0 Å². The van der Waals surface area contributed by atoms with Crippen molar-refractivity contribution in [2.75, 3.05) is 0 Å². The summed E-state index contributed by atoms with van der Waals surface area (Å²) >= 11 is 0. The molecule has 0 atom stereocenters. The number of carbonyl (C=O) groups is 1. The highest BCUT2D eigenvalue weighted by Gasteiger charge is 2.03. The molecule has 0 unspecified atom stereocenters. The van der Waals surface area contributed by atoms with Crippen LogP contribution in [0.5, 0.6) is 0 Å². The summed E-state index contributed by atoms with van der Waals surface area (Å²) in [5.74, 6) is 0. The molecular formula is C15H15N3O2. The Labute approximate surface area is 116 Å². The molecule has 0 aliphatic rings. The molecule has 0 aliphatic heterocycles. The van der Waals surface area contributed by atoms with Gasteiger partial charge in [0.25, 0.3) is 0 Å². The van der Waals surface area contributed by atoms with Crippen LogP contribution in [0.15, 0.2) is 53.6 Å². The molecule has 2 aromatic rings. The highest BCUT2D eigenvalue weighted by Crippen LogP contribution is 2.23. The molecule has 102 valence electrons. The molecule has 2 aromatic carbocycles. The second-order valence-electron chi connectivity index (χ2n) is 4.17. The molecule has 0 spiro atoms. The van der Waals surface area contributed by atoms with Crippen molar-refractivity contribution < 1.29 is 9.90 Å². The van der Waals surface area contributed by atoms with Crippen LogP contribution in [-0.2, 0) is 6.61 Å². The topological polar surface area (TPSA) is 87.7 Å². The molecule has 0 fully saturated rings. The van der Waals surface area contributed by atoms with Crippen LogP contribution in [-0.4, -0.2) is 17.4 Å². The van der Waals surface area contributed by atoms with Gasteiger partial charge in [-0.05, 0) is 22.3 Å². The minimum absolute atomic E-state index is 0.00190. The molecule has 5 nitrogen and oxygen atoms in total. The molecule has 5 heteroatoms. The van der Waals surface area contributed by atoms with Crippen LogP contribution in [0, 0.1) is 0 Å². The van der Waals surface area contributed by atoms with E-state index in [2.05, 4.69) is 10.5 Å². The van der Waals surface area contributed by atoms with E-state index in [9.17, 15) is 9.90 Å². The second-order valence-corrected chi connectivity index (χ2v) is 4.17. The van der Waals surface area contributed by atoms with Gasteiger partial charge in [-0.1, -0.05) is 48.5 Å². The van der Waals surface area contributed by atoms with E-state index in [0.717, 1.165) is 22.3 Å². The third kappa shape index (κ3) is 3.43. The minimum Gasteiger partial charge on any atom is -0.392 e. The van der Waals surface area contributed by atoms with Crippen molar-refractivity contribution >= 4 is 12.2 Å². The molecule has 2 amide bonds. The standard InChI is InChI=1S/C15H15N3O2/c16-15(20)18-17-9-11-5-7-12(8-6-11)14-4-2-1-3-13(14)10-19/h1-9,19H,10H2,(H3,16,18,20). The number of hydrazone groups is 1. The average Bonchev–Trinajstić information content (AvgIpc) is 2.47. The largest absolute Gasteiger partial charge is 0.392 e. The van der Waals surface area contributed by atoms with Crippen LogP contribution >= 0.6 is 0 Å². The maximum Gasteiger partial charge on any atom is 0.332 e. The van der Waals surface area contributed by atoms with Gasteiger partial charge in [0.1, 0.15) is 0 Å². The van der Waals surface area contributed by atoms with Gasteiger partial charge in [-0.15, -0.1) is 0 Å². The average molecular weight is 269 g/mol. The molecule has 0 aromatic heterocycles. The number of primary amides is 1. The first-order valence-electron chi connectivity index (χ1n) is 6.08. The maximum atomic E-state index is 10.5. The van der Waals surface area contributed by atoms with Crippen molar-refractivity contribution in [3.8, 4) is 11.1 Å². The van der Waals surface area contributed by atoms with Crippen LogP contribution in [0.25, 0.3) is 11.1 Å². The molecule has 0 radical (unpaired) electrons. The Morgan fingerprint density at radius 3 is 2.55 bits per heavy atom. The zero-order valence-electron chi connectivity index (χ0n) is 10.8. The zero-order chi connectivity index (χ0) is 14.4. The first kappa shape index (κ1) is 13.8. The number of hydrogen-bond donors (Lipinski definition) is 3. The zero-order valence-corrected chi connectivity index (χ0v) is 10.8. The molecule has 20 heavy (non-hydrogen) atoms. The lowest BCUT2D eigenvalue weighted by molar-refractivity contribution is 0.249. The molecule has 0 saturated carbocycles. The van der Waals surface area contributed by atoms with Crippen LogP contribution in [0.4, 0.5) is 4.79 Å². The van der Waals surface area contributed by atoms with E-state index in [1.165, 1.54) is 6.21 Å². The number of nitrogens with one attached hydrogen (secondary N) is 1. The van der Waals surface area contributed by atoms with Crippen LogP contribution < -0.4 is 11.2 Å². The Kier molecular flexibility index (Phi) is 4.47. The molecule has 0 saturated heterocycles. The van der Waals surface area contributed by atoms with Gasteiger partial charge in [-0.2, -0.15) is 5.10 Å². The minimum atomic E-state index is -0.699. The number of hydrogen-bond acceptors (Lipinski definition) is 3. The summed E-state index contributed by atoms with van der Waals surface area (Å²) in [6.45, 7) is 0.00190. The van der Waals surface area contributed by atoms with Gasteiger partial charge in [-0.25, -0.2) is 10.2 Å². The fourth-order valence-corrected chi connectivity index (χ4v) is 1.86. The predicted molar refractivity (Wildman–Crippen MR) is 78.1 cm³/mol. The number of benzene rings is 2. The molecular weight excluding hydrogens is 254 g/mol. The Balaban J connectivity index is 2.19. The number of carbonyl (C=O) groups excluding carboxylic acids is 1. The lowest BCUT2D eigenvalue weighted by Gasteiger charge is -2.07. The highest BCUT2D eigenvalue weighted by atomic mass is 16.3. The van der Waals surface area contributed by atoms with Crippen LogP contribution in [0.2, 0.25) is 0 Å². The normalized spacial score (nSPS) is 10.7. The Bertz CT molecular complexity index is 621. The maximum absolute atomic E-state index is 10.5. The lowest BCUT2D eigenvalue weighted by atomic mass is 9.99. The third-order valence-corrected chi connectivity index (χ3v) is 2.80. The molecule has 0 aliphatic carbocycles. The van der Waals surface area contributed by atoms with E-state index in [1.807, 2.05) is 48.5 Å². The molecule has 0 heterocycles. The molecule has 4 N–H and O–H groups in total. The van der Waals surface area contributed by atoms with E-state index < -0.39 is 6.03 Å². The number of nitrogens with zero attached hydrogens (tertiary/aromatic N) is 1. The van der Waals surface area contributed by atoms with Crippen LogP contribution in [0.1, 0.15) is 11.1 Å². The van der Waals surface area contributed by atoms with Crippen molar-refractivity contribution in [2.24, 2.45) is 10.8 Å². The smallest absolute Gasteiger partial charge is 0.332 e. The van der Waals surface area contributed by atoms with Crippen molar-refractivity contribution in [3.05, 3.63) is 59.7 Å². The Morgan fingerprint density at radius 2 is 1.90 bits per heavy atom. The van der Waals surface area contributed by atoms with E-state index in [1.54, 1.807) is 0 Å². The number of nitrogens with two attached hydrogens (primary N) is 1. The van der Waals surface area contributed by atoms with Crippen molar-refractivity contribution in [1.29, 1.82) is 0 Å². The van der Waals surface area contributed by atoms with Crippen LogP contribution in [0.3, 0.4) is 0 Å². The summed E-state index contributed by atoms with van der Waals surface area (Å²) in [6.07, 6.45) is 1.51. The Hall–Kier alpha value is -2.66. The molecule has 0 bridgehead atoms. The quantitative estimate of drug-likeness (QED) is 0.584. The summed E-state index contributed by atoms with van der Waals surface area (Å²) in [5.41, 5.74) is 10.8. The fraction of sp³-hybridized carbons (Fsp3) is 0.0667. The molecule has 2 rings (SSSR count). The number of aliphatic hydroxyl groups excluding tert-OH is 1. The van der Waals surface area contributed by atoms with Crippen molar-refractivity contribution in [3.63, 3.8) is 0 Å². The van der Waals surface area contributed by atoms with E-state index in [0.29, 0.717) is 0 Å². The van der Waals surface area contributed by atoms with E-state index in [-0.39, 0.29) is 6.61 Å². The lowest BCUT2D eigenvalue weighted by Crippen LogP contribution is -2.24. The van der Waals surface area contributed by atoms with Crippen molar-refractivity contribution in [2.45, 2.75) is 6.61 Å². The third-order valence-electron chi connectivity index (χ3n) is 2.80.